The Kier molecular flexibility index (Phi) is 10.3. The van der Waals surface area contributed by atoms with E-state index >= 15 is 0 Å². The number of thioether (sulfide) groups is 1. The Balaban J connectivity index is 3.91. The zero-order chi connectivity index (χ0) is 16.3. The highest BCUT2D eigenvalue weighted by Crippen LogP contribution is 2.19. The van der Waals surface area contributed by atoms with E-state index in [1.54, 1.807) is 11.8 Å². The van der Waals surface area contributed by atoms with Gasteiger partial charge in [-0.2, -0.15) is 11.8 Å². The molecule has 0 aromatic heterocycles. The third-order valence-corrected chi connectivity index (χ3v) is 4.78. The number of carbonyl (C=O) groups is 2. The molecule has 1 atom stereocenters. The summed E-state index contributed by atoms with van der Waals surface area (Å²) in [7, 11) is 0. The van der Waals surface area contributed by atoms with Gasteiger partial charge in [-0.25, -0.2) is 4.79 Å². The Morgan fingerprint density at radius 3 is 2.38 bits per heavy atom. The minimum Gasteiger partial charge on any atom is -0.481 e. The van der Waals surface area contributed by atoms with Crippen molar-refractivity contribution in [3.8, 4) is 0 Å². The fourth-order valence-electron chi connectivity index (χ4n) is 1.99. The predicted molar refractivity (Wildman–Crippen MR) is 88.9 cm³/mol. The van der Waals surface area contributed by atoms with E-state index in [9.17, 15) is 9.59 Å². The van der Waals surface area contributed by atoms with Crippen molar-refractivity contribution in [3.05, 3.63) is 0 Å². The van der Waals surface area contributed by atoms with Crippen LogP contribution in [0.2, 0.25) is 0 Å². The average molecular weight is 318 g/mol. The van der Waals surface area contributed by atoms with Crippen LogP contribution in [0, 0.1) is 5.92 Å². The molecule has 0 aromatic rings. The van der Waals surface area contributed by atoms with Crippen LogP contribution in [0.1, 0.15) is 52.9 Å². The second kappa shape index (κ2) is 10.8. The van der Waals surface area contributed by atoms with Gasteiger partial charge in [0.15, 0.2) is 0 Å². The van der Waals surface area contributed by atoms with Gasteiger partial charge in [-0.15, -0.1) is 0 Å². The van der Waals surface area contributed by atoms with Crippen molar-refractivity contribution in [2.24, 2.45) is 5.92 Å². The molecule has 1 unspecified atom stereocenters. The van der Waals surface area contributed by atoms with Crippen molar-refractivity contribution in [1.82, 2.24) is 10.6 Å². The maximum absolute atomic E-state index is 11.7. The van der Waals surface area contributed by atoms with E-state index in [4.69, 9.17) is 5.11 Å². The number of urea groups is 1. The Hall–Kier alpha value is -0.910. The predicted octanol–water partition coefficient (Wildman–Crippen LogP) is 3.10. The van der Waals surface area contributed by atoms with E-state index in [2.05, 4.69) is 31.4 Å². The van der Waals surface area contributed by atoms with Gasteiger partial charge in [-0.05, 0) is 38.9 Å². The molecule has 0 aliphatic carbocycles. The molecule has 0 rings (SSSR count). The number of aliphatic carboxylic acids is 1. The first-order chi connectivity index (χ1) is 9.80. The molecule has 21 heavy (non-hydrogen) atoms. The molecule has 0 saturated heterocycles. The van der Waals surface area contributed by atoms with Gasteiger partial charge in [-0.1, -0.05) is 19.8 Å². The number of nitrogens with one attached hydrogen (secondary N) is 2. The van der Waals surface area contributed by atoms with Crippen LogP contribution in [0.4, 0.5) is 4.79 Å². The first kappa shape index (κ1) is 20.1. The van der Waals surface area contributed by atoms with Gasteiger partial charge in [0.2, 0.25) is 0 Å². The molecule has 5 nitrogen and oxygen atoms in total. The number of carboxylic acid groups (broad SMARTS) is 1. The maximum Gasteiger partial charge on any atom is 0.314 e. The normalized spacial score (nSPS) is 12.8. The fourth-order valence-corrected chi connectivity index (χ4v) is 2.20. The number of hydrogen-bond donors (Lipinski definition) is 3. The van der Waals surface area contributed by atoms with Gasteiger partial charge in [0.05, 0.1) is 0 Å². The Bertz CT molecular complexity index is 322. The lowest BCUT2D eigenvalue weighted by molar-refractivity contribution is -0.137. The van der Waals surface area contributed by atoms with Crippen LogP contribution in [0.5, 0.6) is 0 Å². The van der Waals surface area contributed by atoms with Gasteiger partial charge in [-0.3, -0.25) is 4.79 Å². The van der Waals surface area contributed by atoms with Crippen molar-refractivity contribution in [2.75, 3.05) is 19.3 Å². The SMILES string of the molecule is CCCC(CCNC(=O)NCC(C)(C)SC)CCC(=O)O. The molecule has 0 aromatic carbocycles. The fraction of sp³-hybridized carbons (Fsp3) is 0.867. The van der Waals surface area contributed by atoms with Crippen LogP contribution in [-0.2, 0) is 4.79 Å². The number of amides is 2. The van der Waals surface area contributed by atoms with Gasteiger partial charge < -0.3 is 15.7 Å². The minimum atomic E-state index is -0.749. The van der Waals surface area contributed by atoms with E-state index in [0.717, 1.165) is 19.3 Å². The minimum absolute atomic E-state index is 0.0313. The van der Waals surface area contributed by atoms with Crippen molar-refractivity contribution in [2.45, 2.75) is 57.6 Å². The lowest BCUT2D eigenvalue weighted by atomic mass is 9.94. The summed E-state index contributed by atoms with van der Waals surface area (Å²) >= 11 is 1.72. The van der Waals surface area contributed by atoms with Crippen LogP contribution in [-0.4, -0.2) is 41.2 Å². The monoisotopic (exact) mass is 318 g/mol. The molecule has 0 aliphatic rings. The summed E-state index contributed by atoms with van der Waals surface area (Å²) < 4.78 is 0.0313. The number of hydrogen-bond acceptors (Lipinski definition) is 3. The van der Waals surface area contributed by atoms with Gasteiger partial charge in [0.25, 0.3) is 0 Å². The topological polar surface area (TPSA) is 78.4 Å². The average Bonchev–Trinajstić information content (AvgIpc) is 2.42. The summed E-state index contributed by atoms with van der Waals surface area (Å²) in [5.74, 6) is -0.379. The largest absolute Gasteiger partial charge is 0.481 e. The summed E-state index contributed by atoms with van der Waals surface area (Å²) in [5, 5.41) is 14.4. The molecule has 0 saturated carbocycles. The zero-order valence-electron chi connectivity index (χ0n) is 13.7. The van der Waals surface area contributed by atoms with Gasteiger partial charge in [0.1, 0.15) is 0 Å². The summed E-state index contributed by atoms with van der Waals surface area (Å²) in [5.41, 5.74) is 0. The van der Waals surface area contributed by atoms with E-state index < -0.39 is 5.97 Å². The second-order valence-electron chi connectivity index (χ2n) is 5.95. The van der Waals surface area contributed by atoms with Gasteiger partial charge >= 0.3 is 12.0 Å². The third-order valence-electron chi connectivity index (χ3n) is 3.53. The second-order valence-corrected chi connectivity index (χ2v) is 7.46. The Morgan fingerprint density at radius 2 is 1.86 bits per heavy atom. The van der Waals surface area contributed by atoms with Crippen molar-refractivity contribution < 1.29 is 14.7 Å². The molecule has 0 spiro atoms. The first-order valence-corrected chi connectivity index (χ1v) is 8.82. The molecule has 0 bridgehead atoms. The highest BCUT2D eigenvalue weighted by molar-refractivity contribution is 7.99. The van der Waals surface area contributed by atoms with Crippen molar-refractivity contribution in [3.63, 3.8) is 0 Å². The molecular formula is C15H30N2O3S. The third kappa shape index (κ3) is 11.4. The van der Waals surface area contributed by atoms with E-state index in [1.165, 1.54) is 0 Å². The number of carbonyl (C=O) groups excluding carboxylic acids is 1. The van der Waals surface area contributed by atoms with Crippen LogP contribution < -0.4 is 10.6 Å². The summed E-state index contributed by atoms with van der Waals surface area (Å²) in [6, 6.07) is -0.148. The summed E-state index contributed by atoms with van der Waals surface area (Å²) in [6.45, 7) is 7.48. The van der Waals surface area contributed by atoms with Crippen LogP contribution in [0.15, 0.2) is 0 Å². The smallest absolute Gasteiger partial charge is 0.314 e. The first-order valence-electron chi connectivity index (χ1n) is 7.59. The zero-order valence-corrected chi connectivity index (χ0v) is 14.5. The molecule has 2 amide bonds. The van der Waals surface area contributed by atoms with Gasteiger partial charge in [0, 0.05) is 24.3 Å². The standard InChI is InChI=1S/C15H30N2O3S/c1-5-6-12(7-8-13(18)19)9-10-16-14(20)17-11-15(2,3)21-4/h12H,5-11H2,1-4H3,(H,18,19)(H2,16,17,20). The molecule has 0 radical (unpaired) electrons. The molecule has 0 fully saturated rings. The quantitative estimate of drug-likeness (QED) is 0.547. The number of carboxylic acids is 1. The molecule has 3 N–H and O–H groups in total. The van der Waals surface area contributed by atoms with Crippen molar-refractivity contribution in [1.29, 1.82) is 0 Å². The molecule has 124 valence electrons. The van der Waals surface area contributed by atoms with E-state index in [0.29, 0.717) is 25.4 Å². The molecule has 0 heterocycles. The lowest BCUT2D eigenvalue weighted by Crippen LogP contribution is -2.42. The maximum atomic E-state index is 11.7. The molecular weight excluding hydrogens is 288 g/mol. The van der Waals surface area contributed by atoms with E-state index in [-0.39, 0.29) is 17.2 Å². The van der Waals surface area contributed by atoms with E-state index in [1.807, 2.05) is 6.26 Å². The summed E-state index contributed by atoms with van der Waals surface area (Å²) in [6.07, 6.45) is 5.80. The Labute approximate surface area is 132 Å². The van der Waals surface area contributed by atoms with Crippen LogP contribution in [0.3, 0.4) is 0 Å². The highest BCUT2D eigenvalue weighted by Gasteiger charge is 2.17. The van der Waals surface area contributed by atoms with Crippen LogP contribution >= 0.6 is 11.8 Å². The highest BCUT2D eigenvalue weighted by atomic mass is 32.2. The number of rotatable bonds is 11. The molecule has 0 aliphatic heterocycles. The van der Waals surface area contributed by atoms with Crippen LogP contribution in [0.25, 0.3) is 0 Å². The lowest BCUT2D eigenvalue weighted by Gasteiger charge is -2.22. The Morgan fingerprint density at radius 1 is 1.19 bits per heavy atom. The van der Waals surface area contributed by atoms with Crippen molar-refractivity contribution >= 4 is 23.8 Å². The summed E-state index contributed by atoms with van der Waals surface area (Å²) in [4.78, 5) is 22.3. The molecule has 6 heteroatoms.